The number of rotatable bonds is 4. The Morgan fingerprint density at radius 2 is 2.07 bits per heavy atom. The number of ether oxygens (including phenoxy) is 1. The number of nitriles is 1. The topological polar surface area (TPSA) is 57.9 Å². The summed E-state index contributed by atoms with van der Waals surface area (Å²) in [4.78, 5) is 5.45. The average molecular weight is 390 g/mol. The van der Waals surface area contributed by atoms with Crippen LogP contribution >= 0.6 is 11.3 Å². The molecule has 1 aliphatic heterocycles. The van der Waals surface area contributed by atoms with Crippen LogP contribution in [-0.4, -0.2) is 29.8 Å². The van der Waals surface area contributed by atoms with Gasteiger partial charge < -0.3 is 10.1 Å². The lowest BCUT2D eigenvalue weighted by Crippen LogP contribution is -2.51. The van der Waals surface area contributed by atoms with Gasteiger partial charge in [-0.25, -0.2) is 0 Å². The lowest BCUT2D eigenvalue weighted by atomic mass is 9.91. The Balaban J connectivity index is 1.75. The SMILES string of the molecule is CC1(C)CNCC(Cc2cccc(-c3ccc(C#N)cc3)c2-c2cncs2)O1. The molecule has 0 amide bonds. The maximum atomic E-state index is 9.10. The Kier molecular flexibility index (Phi) is 5.27. The van der Waals surface area contributed by atoms with Gasteiger partial charge in [-0.05, 0) is 42.7 Å². The molecule has 1 saturated heterocycles. The Morgan fingerprint density at radius 3 is 2.75 bits per heavy atom. The average Bonchev–Trinajstić information content (AvgIpc) is 3.21. The van der Waals surface area contributed by atoms with Crippen molar-refractivity contribution in [3.63, 3.8) is 0 Å². The van der Waals surface area contributed by atoms with Gasteiger partial charge >= 0.3 is 0 Å². The molecule has 1 unspecified atom stereocenters. The lowest BCUT2D eigenvalue weighted by Gasteiger charge is -2.37. The molecular formula is C23H23N3OS. The summed E-state index contributed by atoms with van der Waals surface area (Å²) in [5.41, 5.74) is 7.12. The molecule has 0 aliphatic carbocycles. The maximum absolute atomic E-state index is 9.10. The number of thiazole rings is 1. The monoisotopic (exact) mass is 389 g/mol. The van der Waals surface area contributed by atoms with Crippen LogP contribution in [0.5, 0.6) is 0 Å². The molecule has 1 fully saturated rings. The van der Waals surface area contributed by atoms with Gasteiger partial charge in [-0.3, -0.25) is 4.98 Å². The van der Waals surface area contributed by atoms with Gasteiger partial charge in [-0.1, -0.05) is 30.3 Å². The van der Waals surface area contributed by atoms with E-state index in [1.807, 2.05) is 36.0 Å². The van der Waals surface area contributed by atoms with Gasteiger partial charge in [0.15, 0.2) is 0 Å². The van der Waals surface area contributed by atoms with Crippen molar-refractivity contribution in [2.45, 2.75) is 32.0 Å². The molecular weight excluding hydrogens is 366 g/mol. The second-order valence-electron chi connectivity index (χ2n) is 7.73. The minimum Gasteiger partial charge on any atom is -0.369 e. The zero-order valence-electron chi connectivity index (χ0n) is 16.1. The fourth-order valence-electron chi connectivity index (χ4n) is 3.79. The van der Waals surface area contributed by atoms with Crippen LogP contribution in [0.3, 0.4) is 0 Å². The second kappa shape index (κ2) is 7.84. The quantitative estimate of drug-likeness (QED) is 0.705. The predicted octanol–water partition coefficient (Wildman–Crippen LogP) is 4.66. The summed E-state index contributed by atoms with van der Waals surface area (Å²) in [5, 5.41) is 12.6. The molecule has 1 aliphatic rings. The van der Waals surface area contributed by atoms with Gasteiger partial charge in [0.05, 0.1) is 33.7 Å². The van der Waals surface area contributed by atoms with E-state index in [0.717, 1.165) is 35.5 Å². The van der Waals surface area contributed by atoms with E-state index < -0.39 is 0 Å². The van der Waals surface area contributed by atoms with Gasteiger partial charge in [-0.15, -0.1) is 11.3 Å². The Bertz CT molecular complexity index is 988. The third-order valence-electron chi connectivity index (χ3n) is 5.01. The number of hydrogen-bond acceptors (Lipinski definition) is 5. The zero-order chi connectivity index (χ0) is 19.6. The first-order valence-electron chi connectivity index (χ1n) is 9.45. The van der Waals surface area contributed by atoms with Crippen molar-refractivity contribution in [1.82, 2.24) is 10.3 Å². The van der Waals surface area contributed by atoms with Crippen molar-refractivity contribution in [3.8, 4) is 27.6 Å². The summed E-state index contributed by atoms with van der Waals surface area (Å²) in [5.74, 6) is 0. The maximum Gasteiger partial charge on any atom is 0.0991 e. The van der Waals surface area contributed by atoms with Crippen molar-refractivity contribution in [2.75, 3.05) is 13.1 Å². The van der Waals surface area contributed by atoms with Crippen LogP contribution in [0.1, 0.15) is 25.0 Å². The highest BCUT2D eigenvalue weighted by atomic mass is 32.1. The molecule has 0 radical (unpaired) electrons. The second-order valence-corrected chi connectivity index (χ2v) is 8.62. The number of aromatic nitrogens is 1. The standard InChI is InChI=1S/C23H23N3OS/c1-23(2)14-25-12-19(27-23)10-18-4-3-5-20(22(18)21-13-26-15-28-21)17-8-6-16(11-24)7-9-17/h3-9,13,15,19,25H,10,12,14H2,1-2H3. The van der Waals surface area contributed by atoms with Crippen LogP contribution in [0.2, 0.25) is 0 Å². The van der Waals surface area contributed by atoms with E-state index in [1.165, 1.54) is 11.1 Å². The van der Waals surface area contributed by atoms with E-state index in [4.69, 9.17) is 10.00 Å². The van der Waals surface area contributed by atoms with Gasteiger partial charge in [-0.2, -0.15) is 5.26 Å². The van der Waals surface area contributed by atoms with Crippen molar-refractivity contribution >= 4 is 11.3 Å². The van der Waals surface area contributed by atoms with E-state index in [-0.39, 0.29) is 11.7 Å². The Hall–Kier alpha value is -2.52. The van der Waals surface area contributed by atoms with Crippen LogP contribution in [0, 0.1) is 11.3 Å². The van der Waals surface area contributed by atoms with Gasteiger partial charge in [0, 0.05) is 31.3 Å². The molecule has 1 aromatic heterocycles. The van der Waals surface area contributed by atoms with Gasteiger partial charge in [0.25, 0.3) is 0 Å². The largest absolute Gasteiger partial charge is 0.369 e. The van der Waals surface area contributed by atoms with E-state index in [1.54, 1.807) is 11.3 Å². The normalized spacial score (nSPS) is 18.5. The molecule has 2 aromatic carbocycles. The molecule has 4 rings (SSSR count). The Labute approximate surface area is 169 Å². The van der Waals surface area contributed by atoms with Crippen LogP contribution in [0.15, 0.2) is 54.2 Å². The third kappa shape index (κ3) is 4.00. The van der Waals surface area contributed by atoms with E-state index in [0.29, 0.717) is 5.56 Å². The number of nitrogens with zero attached hydrogens (tertiary/aromatic N) is 2. The minimum atomic E-state index is -0.154. The summed E-state index contributed by atoms with van der Waals surface area (Å²) < 4.78 is 6.32. The fourth-order valence-corrected chi connectivity index (χ4v) is 4.51. The number of benzene rings is 2. The van der Waals surface area contributed by atoms with E-state index in [2.05, 4.69) is 48.4 Å². The van der Waals surface area contributed by atoms with Crippen molar-refractivity contribution < 1.29 is 4.74 Å². The first kappa shape index (κ1) is 18.8. The molecule has 0 bridgehead atoms. The summed E-state index contributed by atoms with van der Waals surface area (Å²) in [6.07, 6.45) is 2.90. The van der Waals surface area contributed by atoms with Crippen LogP contribution in [-0.2, 0) is 11.2 Å². The first-order chi connectivity index (χ1) is 13.6. The highest BCUT2D eigenvalue weighted by Gasteiger charge is 2.29. The first-order valence-corrected chi connectivity index (χ1v) is 10.3. The summed E-state index contributed by atoms with van der Waals surface area (Å²) in [7, 11) is 0. The van der Waals surface area contributed by atoms with Crippen molar-refractivity contribution in [3.05, 3.63) is 65.3 Å². The fraction of sp³-hybridized carbons (Fsp3) is 0.304. The minimum absolute atomic E-state index is 0.131. The molecule has 5 heteroatoms. The lowest BCUT2D eigenvalue weighted by molar-refractivity contribution is -0.0927. The van der Waals surface area contributed by atoms with Crippen LogP contribution in [0.4, 0.5) is 0 Å². The van der Waals surface area contributed by atoms with Gasteiger partial charge in [0.2, 0.25) is 0 Å². The van der Waals surface area contributed by atoms with E-state index >= 15 is 0 Å². The molecule has 142 valence electrons. The number of morpholine rings is 1. The molecule has 1 atom stereocenters. The third-order valence-corrected chi connectivity index (χ3v) is 5.80. The summed E-state index contributed by atoms with van der Waals surface area (Å²) >= 11 is 1.65. The smallest absolute Gasteiger partial charge is 0.0991 e. The predicted molar refractivity (Wildman–Crippen MR) is 113 cm³/mol. The van der Waals surface area contributed by atoms with E-state index in [9.17, 15) is 0 Å². The Morgan fingerprint density at radius 1 is 1.25 bits per heavy atom. The van der Waals surface area contributed by atoms with Gasteiger partial charge in [0.1, 0.15) is 0 Å². The van der Waals surface area contributed by atoms with Crippen LogP contribution in [0.25, 0.3) is 21.6 Å². The highest BCUT2D eigenvalue weighted by molar-refractivity contribution is 7.13. The van der Waals surface area contributed by atoms with Crippen molar-refractivity contribution in [1.29, 1.82) is 5.26 Å². The molecule has 2 heterocycles. The molecule has 0 spiro atoms. The zero-order valence-corrected chi connectivity index (χ0v) is 16.9. The highest BCUT2D eigenvalue weighted by Crippen LogP contribution is 2.38. The molecule has 28 heavy (non-hydrogen) atoms. The number of hydrogen-bond donors (Lipinski definition) is 1. The molecule has 3 aromatic rings. The molecule has 0 saturated carbocycles. The number of nitrogens with one attached hydrogen (secondary N) is 1. The van der Waals surface area contributed by atoms with Crippen LogP contribution < -0.4 is 5.32 Å². The van der Waals surface area contributed by atoms with Crippen molar-refractivity contribution in [2.24, 2.45) is 0 Å². The summed E-state index contributed by atoms with van der Waals surface area (Å²) in [6, 6.07) is 16.4. The molecule has 1 N–H and O–H groups in total. The molecule has 4 nitrogen and oxygen atoms in total. The summed E-state index contributed by atoms with van der Waals surface area (Å²) in [6.45, 7) is 5.98.